The van der Waals surface area contributed by atoms with Crippen LogP contribution in [-0.2, 0) is 10.8 Å². The molecule has 0 unspecified atom stereocenters. The first kappa shape index (κ1) is 19.4. The maximum absolute atomic E-state index is 10.8. The number of phenolic OH excluding ortho intramolecular Hbond substituents is 1. The summed E-state index contributed by atoms with van der Waals surface area (Å²) in [6.45, 7) is 18.9. The van der Waals surface area contributed by atoms with E-state index in [4.69, 9.17) is 4.74 Å². The van der Waals surface area contributed by atoms with Crippen LogP contribution in [0.15, 0.2) is 24.3 Å². The predicted octanol–water partition coefficient (Wildman–Crippen LogP) is 6.70. The highest BCUT2D eigenvalue weighted by atomic mass is 16.5. The second-order valence-corrected chi connectivity index (χ2v) is 9.20. The van der Waals surface area contributed by atoms with Gasteiger partial charge in [0.15, 0.2) is 0 Å². The van der Waals surface area contributed by atoms with E-state index in [1.807, 2.05) is 12.1 Å². The van der Waals surface area contributed by atoms with Crippen LogP contribution in [0.2, 0.25) is 0 Å². The quantitative estimate of drug-likeness (QED) is 0.658. The first-order valence-corrected chi connectivity index (χ1v) is 8.94. The lowest BCUT2D eigenvalue weighted by Crippen LogP contribution is -2.17. The number of hydrogen-bond donors (Lipinski definition) is 1. The van der Waals surface area contributed by atoms with Crippen molar-refractivity contribution in [3.63, 3.8) is 0 Å². The molecule has 2 rings (SSSR count). The van der Waals surface area contributed by atoms with Gasteiger partial charge in [-0.1, -0.05) is 59.2 Å². The molecule has 0 aromatic heterocycles. The molecule has 0 heterocycles. The molecule has 0 amide bonds. The molecule has 0 spiro atoms. The Kier molecular flexibility index (Phi) is 4.96. The normalized spacial score (nSPS) is 12.4. The summed E-state index contributed by atoms with van der Waals surface area (Å²) in [7, 11) is 0. The van der Waals surface area contributed by atoms with Gasteiger partial charge in [0, 0.05) is 11.1 Å². The molecule has 0 atom stereocenters. The Morgan fingerprint density at radius 1 is 0.720 bits per heavy atom. The number of phenols is 1. The number of rotatable bonds is 2. The molecule has 136 valence electrons. The van der Waals surface area contributed by atoms with Crippen molar-refractivity contribution in [3.8, 4) is 17.2 Å². The van der Waals surface area contributed by atoms with Crippen molar-refractivity contribution in [1.82, 2.24) is 0 Å². The van der Waals surface area contributed by atoms with Gasteiger partial charge in [-0.2, -0.15) is 0 Å². The molecule has 2 nitrogen and oxygen atoms in total. The molecule has 1 N–H and O–H groups in total. The van der Waals surface area contributed by atoms with Crippen molar-refractivity contribution in [2.75, 3.05) is 0 Å². The standard InChI is InChI=1S/C23H32O2/c1-14-10-15(2)21(16(3)11-14)25-17-12-18(22(4,5)6)20(24)19(13-17)23(7,8)9/h10-13,24H,1-9H3. The van der Waals surface area contributed by atoms with Crippen LogP contribution < -0.4 is 4.74 Å². The largest absolute Gasteiger partial charge is 0.507 e. The summed E-state index contributed by atoms with van der Waals surface area (Å²) >= 11 is 0. The highest BCUT2D eigenvalue weighted by molar-refractivity contribution is 5.54. The zero-order chi connectivity index (χ0) is 19.2. The topological polar surface area (TPSA) is 29.5 Å². The number of ether oxygens (including phenoxy) is 1. The minimum Gasteiger partial charge on any atom is -0.507 e. The van der Waals surface area contributed by atoms with E-state index in [0.717, 1.165) is 33.8 Å². The van der Waals surface area contributed by atoms with Crippen LogP contribution in [0.5, 0.6) is 17.2 Å². The summed E-state index contributed by atoms with van der Waals surface area (Å²) in [6.07, 6.45) is 0. The van der Waals surface area contributed by atoms with Crippen LogP contribution in [0.25, 0.3) is 0 Å². The van der Waals surface area contributed by atoms with E-state index in [-0.39, 0.29) is 10.8 Å². The second-order valence-electron chi connectivity index (χ2n) is 9.20. The Labute approximate surface area is 152 Å². The molecule has 0 aliphatic rings. The van der Waals surface area contributed by atoms with Gasteiger partial charge in [-0.05, 0) is 54.9 Å². The van der Waals surface area contributed by atoms with Crippen molar-refractivity contribution >= 4 is 0 Å². The van der Waals surface area contributed by atoms with Crippen molar-refractivity contribution in [2.24, 2.45) is 0 Å². The van der Waals surface area contributed by atoms with Crippen LogP contribution >= 0.6 is 0 Å². The van der Waals surface area contributed by atoms with Gasteiger partial charge in [-0.3, -0.25) is 0 Å². The van der Waals surface area contributed by atoms with E-state index in [1.165, 1.54) is 5.56 Å². The monoisotopic (exact) mass is 340 g/mol. The molecule has 0 saturated carbocycles. The molecule has 2 heteroatoms. The third-order valence-corrected chi connectivity index (χ3v) is 4.52. The van der Waals surface area contributed by atoms with Gasteiger partial charge >= 0.3 is 0 Å². The Balaban J connectivity index is 2.63. The Morgan fingerprint density at radius 2 is 1.12 bits per heavy atom. The van der Waals surface area contributed by atoms with Gasteiger partial charge in [-0.25, -0.2) is 0 Å². The first-order chi connectivity index (χ1) is 11.3. The molecule has 0 fully saturated rings. The molecule has 0 radical (unpaired) electrons. The Bertz CT molecular complexity index is 729. The Morgan fingerprint density at radius 3 is 1.48 bits per heavy atom. The second kappa shape index (κ2) is 6.40. The lowest BCUT2D eigenvalue weighted by atomic mass is 9.79. The number of aromatic hydroxyl groups is 1. The van der Waals surface area contributed by atoms with Crippen LogP contribution in [0, 0.1) is 20.8 Å². The third kappa shape index (κ3) is 4.18. The molecule has 25 heavy (non-hydrogen) atoms. The van der Waals surface area contributed by atoms with Gasteiger partial charge in [0.1, 0.15) is 17.2 Å². The molecule has 2 aromatic rings. The lowest BCUT2D eigenvalue weighted by Gasteiger charge is -2.28. The molecule has 0 bridgehead atoms. The molecule has 0 saturated heterocycles. The van der Waals surface area contributed by atoms with E-state index < -0.39 is 0 Å². The predicted molar refractivity (Wildman–Crippen MR) is 106 cm³/mol. The van der Waals surface area contributed by atoms with Crippen LogP contribution in [0.3, 0.4) is 0 Å². The van der Waals surface area contributed by atoms with Crippen LogP contribution in [-0.4, -0.2) is 5.11 Å². The van der Waals surface area contributed by atoms with Crippen LogP contribution in [0.4, 0.5) is 0 Å². The van der Waals surface area contributed by atoms with Gasteiger partial charge in [-0.15, -0.1) is 0 Å². The number of benzene rings is 2. The first-order valence-electron chi connectivity index (χ1n) is 8.94. The molecular weight excluding hydrogens is 308 g/mol. The van der Waals surface area contributed by atoms with Crippen LogP contribution in [0.1, 0.15) is 69.4 Å². The minimum atomic E-state index is -0.166. The highest BCUT2D eigenvalue weighted by Crippen LogP contribution is 2.43. The smallest absolute Gasteiger partial charge is 0.133 e. The van der Waals surface area contributed by atoms with Gasteiger partial charge in [0.25, 0.3) is 0 Å². The van der Waals surface area contributed by atoms with Gasteiger partial charge in [0.05, 0.1) is 0 Å². The fourth-order valence-electron chi connectivity index (χ4n) is 3.26. The maximum atomic E-state index is 10.8. The maximum Gasteiger partial charge on any atom is 0.133 e. The Hall–Kier alpha value is -1.96. The van der Waals surface area contributed by atoms with Crippen molar-refractivity contribution in [3.05, 3.63) is 52.1 Å². The van der Waals surface area contributed by atoms with Crippen molar-refractivity contribution < 1.29 is 9.84 Å². The SMILES string of the molecule is Cc1cc(C)c(Oc2cc(C(C)(C)C)c(O)c(C(C)(C)C)c2)c(C)c1. The molecule has 0 aliphatic heterocycles. The molecular formula is C23H32O2. The number of aryl methyl sites for hydroxylation is 3. The summed E-state index contributed by atoms with van der Waals surface area (Å²) in [5.41, 5.74) is 4.98. The molecule has 2 aromatic carbocycles. The average molecular weight is 341 g/mol. The number of hydrogen-bond acceptors (Lipinski definition) is 2. The van der Waals surface area contributed by atoms with E-state index in [0.29, 0.717) is 5.75 Å². The molecule has 0 aliphatic carbocycles. The van der Waals surface area contributed by atoms with E-state index in [9.17, 15) is 5.11 Å². The zero-order valence-corrected chi connectivity index (χ0v) is 17.2. The summed E-state index contributed by atoms with van der Waals surface area (Å²) < 4.78 is 6.31. The van der Waals surface area contributed by atoms with Gasteiger partial charge in [0.2, 0.25) is 0 Å². The fraction of sp³-hybridized carbons (Fsp3) is 0.478. The average Bonchev–Trinajstić information content (AvgIpc) is 2.41. The van der Waals surface area contributed by atoms with Crippen molar-refractivity contribution in [1.29, 1.82) is 0 Å². The summed E-state index contributed by atoms with van der Waals surface area (Å²) in [4.78, 5) is 0. The van der Waals surface area contributed by atoms with E-state index in [2.05, 4.69) is 74.4 Å². The highest BCUT2D eigenvalue weighted by Gasteiger charge is 2.27. The third-order valence-electron chi connectivity index (χ3n) is 4.52. The summed E-state index contributed by atoms with van der Waals surface area (Å²) in [5, 5.41) is 10.8. The minimum absolute atomic E-state index is 0.166. The van der Waals surface area contributed by atoms with Gasteiger partial charge < -0.3 is 9.84 Å². The van der Waals surface area contributed by atoms with E-state index >= 15 is 0 Å². The fourth-order valence-corrected chi connectivity index (χ4v) is 3.26. The summed E-state index contributed by atoms with van der Waals surface area (Å²) in [5.74, 6) is 2.06. The zero-order valence-electron chi connectivity index (χ0n) is 17.2. The lowest BCUT2D eigenvalue weighted by molar-refractivity contribution is 0.414. The summed E-state index contributed by atoms with van der Waals surface area (Å²) in [6, 6.07) is 8.22. The van der Waals surface area contributed by atoms with E-state index in [1.54, 1.807) is 0 Å². The van der Waals surface area contributed by atoms with Crippen molar-refractivity contribution in [2.45, 2.75) is 73.1 Å².